The summed E-state index contributed by atoms with van der Waals surface area (Å²) < 4.78 is 55.6. The molecule has 148 valence electrons. The van der Waals surface area contributed by atoms with E-state index in [1.165, 1.54) is 15.9 Å². The predicted octanol–water partition coefficient (Wildman–Crippen LogP) is 2.05. The quantitative estimate of drug-likeness (QED) is 0.461. The Labute approximate surface area is 165 Å². The van der Waals surface area contributed by atoms with Crippen LogP contribution in [0.15, 0.2) is 91.0 Å². The van der Waals surface area contributed by atoms with Crippen LogP contribution in [0.4, 0.5) is 0 Å². The summed E-state index contributed by atoms with van der Waals surface area (Å²) in [5.74, 6) is 0. The Morgan fingerprint density at radius 3 is 0.964 bits per heavy atom. The molecule has 0 unspecified atom stereocenters. The van der Waals surface area contributed by atoms with Crippen LogP contribution >= 0.6 is 7.92 Å². The molecule has 0 bridgehead atoms. The fourth-order valence-corrected chi connectivity index (χ4v) is 5.46. The molecule has 28 heavy (non-hydrogen) atoms. The highest BCUT2D eigenvalue weighted by atomic mass is 32.3. The Hall–Kier alpha value is -2.13. The molecule has 0 aliphatic rings. The van der Waals surface area contributed by atoms with Gasteiger partial charge in [-0.2, -0.15) is 16.8 Å². The topological polar surface area (TPSA) is 118 Å². The molecule has 7 nitrogen and oxygen atoms in total. The second kappa shape index (κ2) is 9.88. The molecule has 0 saturated carbocycles. The minimum atomic E-state index is -5.12. The molecule has 0 radical (unpaired) electrons. The number of hydrogen-bond acceptors (Lipinski definition) is 5. The molecule has 10 heteroatoms. The summed E-state index contributed by atoms with van der Waals surface area (Å²) in [6.07, 6.45) is 0. The molecular formula is C18H17O7PS2. The minimum absolute atomic E-state index is 0.446. The summed E-state index contributed by atoms with van der Waals surface area (Å²) in [7, 11) is -10.7. The zero-order valence-electron chi connectivity index (χ0n) is 14.4. The maximum atomic E-state index is 9.44. The molecule has 0 amide bonds. The number of hydrogen-bond donors (Lipinski definition) is 2. The van der Waals surface area contributed by atoms with Gasteiger partial charge in [-0.05, 0) is 23.8 Å². The average molecular weight is 440 g/mol. The summed E-state index contributed by atoms with van der Waals surface area (Å²) in [5, 5.41) is 4.19. The van der Waals surface area contributed by atoms with E-state index in [1.54, 1.807) is 0 Å². The molecule has 0 aliphatic carbocycles. The Morgan fingerprint density at radius 1 is 0.536 bits per heavy atom. The van der Waals surface area contributed by atoms with Gasteiger partial charge in [0.1, 0.15) is 0 Å². The zero-order chi connectivity index (χ0) is 20.6. The highest BCUT2D eigenvalue weighted by Crippen LogP contribution is 2.32. The Balaban J connectivity index is 0.000000266. The van der Waals surface area contributed by atoms with Crippen molar-refractivity contribution in [3.63, 3.8) is 0 Å². The van der Waals surface area contributed by atoms with E-state index < -0.39 is 28.7 Å². The normalized spacial score (nSPS) is 11.5. The van der Waals surface area contributed by atoms with Gasteiger partial charge in [-0.1, -0.05) is 91.0 Å². The van der Waals surface area contributed by atoms with Crippen LogP contribution in [0, 0.1) is 0 Å². The van der Waals surface area contributed by atoms with Crippen LogP contribution in [0.1, 0.15) is 0 Å². The fourth-order valence-electron chi connectivity index (χ4n) is 2.29. The van der Waals surface area contributed by atoms with Gasteiger partial charge in [0.05, 0.1) is 0 Å². The van der Waals surface area contributed by atoms with Crippen molar-refractivity contribution in [2.24, 2.45) is 0 Å². The Kier molecular flexibility index (Phi) is 7.82. The van der Waals surface area contributed by atoms with Crippen LogP contribution in [-0.4, -0.2) is 25.9 Å². The van der Waals surface area contributed by atoms with Gasteiger partial charge < -0.3 is 0 Å². The first-order valence-corrected chi connectivity index (χ1v) is 11.8. The van der Waals surface area contributed by atoms with E-state index in [0.717, 1.165) is 0 Å². The van der Waals surface area contributed by atoms with Gasteiger partial charge in [-0.15, -0.1) is 3.63 Å². The highest BCUT2D eigenvalue weighted by molar-refractivity contribution is 7.94. The lowest BCUT2D eigenvalue weighted by molar-refractivity contribution is 0.344. The maximum absolute atomic E-state index is 9.44. The summed E-state index contributed by atoms with van der Waals surface area (Å²) in [4.78, 5) is 0. The second-order valence-corrected chi connectivity index (χ2v) is 9.74. The molecule has 0 aliphatic heterocycles. The monoisotopic (exact) mass is 440 g/mol. The highest BCUT2D eigenvalue weighted by Gasteiger charge is 2.16. The van der Waals surface area contributed by atoms with Crippen molar-refractivity contribution in [3.8, 4) is 0 Å². The predicted molar refractivity (Wildman–Crippen MR) is 109 cm³/mol. The molecule has 0 atom stereocenters. The molecule has 3 aromatic rings. The summed E-state index contributed by atoms with van der Waals surface area (Å²) in [5.41, 5.74) is 0. The van der Waals surface area contributed by atoms with Gasteiger partial charge in [0.15, 0.2) is 0 Å². The molecule has 3 rings (SSSR count). The standard InChI is InChI=1S/C18H15P.H2O7S2/c1-4-10-16(11-5-1)19(17-12-6-2-7-13-17)18-14-8-3-9-15-18;1-8(2,3)7-9(4,5)6/h1-15H;(H,1,2,3)(H,4,5,6). The van der Waals surface area contributed by atoms with Crippen LogP contribution in [0.2, 0.25) is 0 Å². The Morgan fingerprint density at radius 2 is 0.786 bits per heavy atom. The van der Waals surface area contributed by atoms with E-state index in [0.29, 0.717) is 0 Å². The first kappa shape index (κ1) is 22.2. The summed E-state index contributed by atoms with van der Waals surface area (Å²) in [6, 6.07) is 32.3. The molecule has 0 fully saturated rings. The second-order valence-electron chi connectivity index (χ2n) is 5.27. The molecule has 0 heterocycles. The molecule has 3 aromatic carbocycles. The van der Waals surface area contributed by atoms with E-state index in [4.69, 9.17) is 9.11 Å². The molecular weight excluding hydrogens is 423 g/mol. The SMILES string of the molecule is O=S(=O)(O)OS(=O)(=O)O.c1ccc(P(c2ccccc2)c2ccccc2)cc1. The van der Waals surface area contributed by atoms with Crippen LogP contribution < -0.4 is 15.9 Å². The van der Waals surface area contributed by atoms with Crippen LogP contribution in [-0.2, 0) is 24.4 Å². The number of rotatable bonds is 5. The molecule has 0 aromatic heterocycles. The molecule has 0 saturated heterocycles. The average Bonchev–Trinajstić information content (AvgIpc) is 2.62. The van der Waals surface area contributed by atoms with E-state index in [2.05, 4.69) is 94.6 Å². The lowest BCUT2D eigenvalue weighted by atomic mass is 10.4. The Bertz CT molecular complexity index is 949. The van der Waals surface area contributed by atoms with Gasteiger partial charge in [0.25, 0.3) is 0 Å². The van der Waals surface area contributed by atoms with Gasteiger partial charge in [-0.3, -0.25) is 9.11 Å². The van der Waals surface area contributed by atoms with Crippen molar-refractivity contribution in [2.75, 3.05) is 0 Å². The molecule has 2 N–H and O–H groups in total. The summed E-state index contributed by atoms with van der Waals surface area (Å²) >= 11 is 0. The van der Waals surface area contributed by atoms with Crippen molar-refractivity contribution in [3.05, 3.63) is 91.0 Å². The van der Waals surface area contributed by atoms with Crippen molar-refractivity contribution < 1.29 is 29.6 Å². The third-order valence-electron chi connectivity index (χ3n) is 3.22. The maximum Gasteiger partial charge on any atom is 0.413 e. The zero-order valence-corrected chi connectivity index (χ0v) is 16.9. The smallest absolute Gasteiger partial charge is 0.263 e. The first-order valence-electron chi connectivity index (χ1n) is 7.77. The van der Waals surface area contributed by atoms with Gasteiger partial charge >= 0.3 is 20.8 Å². The van der Waals surface area contributed by atoms with Gasteiger partial charge in [0, 0.05) is 0 Å². The number of benzene rings is 3. The van der Waals surface area contributed by atoms with Crippen LogP contribution in [0.3, 0.4) is 0 Å². The van der Waals surface area contributed by atoms with Gasteiger partial charge in [0.2, 0.25) is 0 Å². The van der Waals surface area contributed by atoms with Crippen molar-refractivity contribution >= 4 is 44.6 Å². The van der Waals surface area contributed by atoms with Crippen molar-refractivity contribution in [1.82, 2.24) is 0 Å². The lowest BCUT2D eigenvalue weighted by Crippen LogP contribution is -2.20. The van der Waals surface area contributed by atoms with E-state index >= 15 is 0 Å². The molecule has 0 spiro atoms. The van der Waals surface area contributed by atoms with Crippen molar-refractivity contribution in [1.29, 1.82) is 0 Å². The van der Waals surface area contributed by atoms with E-state index in [1.807, 2.05) is 0 Å². The largest absolute Gasteiger partial charge is 0.413 e. The minimum Gasteiger partial charge on any atom is -0.263 e. The fraction of sp³-hybridized carbons (Fsp3) is 0. The van der Waals surface area contributed by atoms with Crippen LogP contribution in [0.5, 0.6) is 0 Å². The lowest BCUT2D eigenvalue weighted by Gasteiger charge is -2.18. The van der Waals surface area contributed by atoms with Gasteiger partial charge in [-0.25, -0.2) is 0 Å². The van der Waals surface area contributed by atoms with Crippen molar-refractivity contribution in [2.45, 2.75) is 0 Å². The van der Waals surface area contributed by atoms with E-state index in [-0.39, 0.29) is 0 Å². The third-order valence-corrected chi connectivity index (χ3v) is 7.03. The van der Waals surface area contributed by atoms with E-state index in [9.17, 15) is 16.8 Å². The first-order chi connectivity index (χ1) is 13.2. The third kappa shape index (κ3) is 7.85. The summed E-state index contributed by atoms with van der Waals surface area (Å²) in [6.45, 7) is 0. The van der Waals surface area contributed by atoms with Crippen LogP contribution in [0.25, 0.3) is 0 Å².